The lowest BCUT2D eigenvalue weighted by molar-refractivity contribution is -0.156. The molecule has 2 amide bonds. The maximum Gasteiger partial charge on any atom is 0.446 e. The van der Waals surface area contributed by atoms with Gasteiger partial charge in [0, 0.05) is 82.9 Å². The number of aldehydes is 1. The number of piperidine rings is 4. The van der Waals surface area contributed by atoms with E-state index in [0.29, 0.717) is 63.0 Å². The molecule has 4 fully saturated rings. The van der Waals surface area contributed by atoms with Gasteiger partial charge in [0.2, 0.25) is 12.2 Å². The van der Waals surface area contributed by atoms with Gasteiger partial charge in [-0.15, -0.1) is 0 Å². The molecule has 0 radical (unpaired) electrons. The van der Waals surface area contributed by atoms with Gasteiger partial charge in [-0.3, -0.25) is 33.8 Å². The van der Waals surface area contributed by atoms with Gasteiger partial charge in [-0.25, -0.2) is 22.2 Å². The molecule has 2 atom stereocenters. The summed E-state index contributed by atoms with van der Waals surface area (Å²) in [5.74, 6) is -5.67. The average Bonchev–Trinajstić information content (AvgIpc) is 2.50. The fourth-order valence-corrected chi connectivity index (χ4v) is 12.0. The van der Waals surface area contributed by atoms with E-state index in [1.807, 2.05) is 12.1 Å². The summed E-state index contributed by atoms with van der Waals surface area (Å²) in [4.78, 5) is 77.0. The highest BCUT2D eigenvalue weighted by molar-refractivity contribution is 6.03. The number of benzene rings is 4. The number of guanidine groups is 1. The molecule has 0 spiro atoms. The van der Waals surface area contributed by atoms with E-state index in [1.165, 1.54) is 39.8 Å². The van der Waals surface area contributed by atoms with Gasteiger partial charge < -0.3 is 41.9 Å². The first-order valence-corrected chi connectivity index (χ1v) is 28.4. The minimum Gasteiger partial charge on any atom is -0.480 e. The molecule has 7 aromatic rings. The number of carboxylic acids is 2. The fraction of sp³-hybridized carbons (Fsp3) is 0.387. The number of hydrogen-bond donors (Lipinski definition) is 7. The smallest absolute Gasteiger partial charge is 0.446 e. The third kappa shape index (κ3) is 17.7. The van der Waals surface area contributed by atoms with Crippen molar-refractivity contribution in [1.82, 2.24) is 39.8 Å². The number of aromatic nitrogens is 4. The van der Waals surface area contributed by atoms with Gasteiger partial charge in [-0.1, -0.05) is 43.8 Å². The van der Waals surface area contributed by atoms with Gasteiger partial charge in [0.05, 0.1) is 0 Å². The number of fused-ring (bicyclic) bond motifs is 2. The number of amides is 2. The van der Waals surface area contributed by atoms with E-state index in [9.17, 15) is 60.1 Å². The number of nitrogens with zero attached hydrogens (tertiary/aromatic N) is 7. The summed E-state index contributed by atoms with van der Waals surface area (Å²) in [5, 5.41) is 29.6. The predicted octanol–water partition coefficient (Wildman–Crippen LogP) is 9.29. The van der Waals surface area contributed by atoms with Gasteiger partial charge in [-0.2, -0.15) is 28.3 Å². The van der Waals surface area contributed by atoms with Crippen LogP contribution in [0.1, 0.15) is 102 Å². The summed E-state index contributed by atoms with van der Waals surface area (Å²) >= 11 is 0. The molecule has 0 bridgehead atoms. The first-order chi connectivity index (χ1) is 41.7. The number of rotatable bonds is 10. The molecule has 0 aliphatic carbocycles. The third-order valence-electron chi connectivity index (χ3n) is 16.1. The second-order valence-corrected chi connectivity index (χ2v) is 21.7. The van der Waals surface area contributed by atoms with Crippen LogP contribution in [0.15, 0.2) is 126 Å². The fourth-order valence-electron chi connectivity index (χ4n) is 12.0. The molecule has 7 heterocycles. The SMILES string of the molecule is C.NC(=NC(=O)c1cc(F)cc(F)c1)N1CCC(C(C(=O)O)N2CCC(c3c[nH]c4ccccc34)CC2)CC1.NC(=NC(=O)c1cc(F)cc(F)c1)n1cccn1.O=C(O)C(C1CCNCC1)N1CCC(c2c[nH]c3ccccc23)CC1.O=CC(F)(F)F. The molecule has 11 rings (SSSR count). The number of hydrogen-bond acceptors (Lipinski definition) is 9. The largest absolute Gasteiger partial charge is 0.480 e. The summed E-state index contributed by atoms with van der Waals surface area (Å²) in [5.41, 5.74) is 16.1. The molecule has 4 aromatic carbocycles. The van der Waals surface area contributed by atoms with Crippen molar-refractivity contribution in [3.63, 3.8) is 0 Å². The Morgan fingerprint density at radius 2 is 0.989 bits per heavy atom. The van der Waals surface area contributed by atoms with Crippen LogP contribution in [0.2, 0.25) is 0 Å². The van der Waals surface area contributed by atoms with Crippen molar-refractivity contribution in [2.24, 2.45) is 33.3 Å². The van der Waals surface area contributed by atoms with Crippen molar-refractivity contribution in [3.05, 3.63) is 161 Å². The number of aliphatic imine (C=N–C) groups is 2. The standard InChI is InChI=1S/C28H31F2N5O3.C20H27N3O2.C11H8F2N4O.C2HF3O.CH4/c29-20-13-19(14-21(30)15-20)26(36)33-28(31)35-11-7-18(8-12-35)25(27(37)38)34-9-5-17(6-10-34)23-16-32-24-4-2-1-3-22(23)24;24-20(25)19(15-5-9-21-10-6-15)23-11-7-14(8-12-23)17-13-22-18-4-2-1-3-16(17)18;12-8-4-7(5-9(13)6-8)10(18)16-11(14)17-3-1-2-15-17;3-2(4,5)1-6;/h1-4,13-18,25,32H,5-12H2,(H,37,38)(H2,31,33,36);1-4,13-15,19,21-22H,5-12H2,(H,24,25);1-6H,(H2,14,16,18);1H;1H4. The Labute approximate surface area is 502 Å². The maximum atomic E-state index is 13.4. The van der Waals surface area contributed by atoms with Crippen molar-refractivity contribution in [1.29, 1.82) is 0 Å². The van der Waals surface area contributed by atoms with E-state index in [-0.39, 0.29) is 48.4 Å². The Morgan fingerprint density at radius 1 is 0.591 bits per heavy atom. The number of nitrogens with two attached hydrogens (primary N) is 2. The van der Waals surface area contributed by atoms with E-state index < -0.39 is 65.5 Å². The molecule has 4 aliphatic heterocycles. The van der Waals surface area contributed by atoms with Crippen LogP contribution in [-0.4, -0.2) is 157 Å². The van der Waals surface area contributed by atoms with Gasteiger partial charge in [0.1, 0.15) is 35.4 Å². The summed E-state index contributed by atoms with van der Waals surface area (Å²) < 4.78 is 85.1. The third-order valence-corrected chi connectivity index (χ3v) is 16.1. The number of carbonyl (C=O) groups excluding carboxylic acids is 3. The Balaban J connectivity index is 0.000000190. The van der Waals surface area contributed by atoms with Gasteiger partial charge in [0.25, 0.3) is 11.8 Å². The molecule has 26 heteroatoms. The van der Waals surface area contributed by atoms with Crippen molar-refractivity contribution < 1.29 is 64.9 Å². The normalized spacial score (nSPS) is 17.7. The monoisotopic (exact) mass is 1230 g/mol. The quantitative estimate of drug-likeness (QED) is 0.0291. The summed E-state index contributed by atoms with van der Waals surface area (Å²) in [6, 6.07) is 22.3. The Bertz CT molecular complexity index is 3500. The zero-order chi connectivity index (χ0) is 62.4. The lowest BCUT2D eigenvalue weighted by atomic mass is 9.84. The van der Waals surface area contributed by atoms with Crippen molar-refractivity contribution >= 4 is 63.8 Å². The van der Waals surface area contributed by atoms with Crippen molar-refractivity contribution in [2.75, 3.05) is 52.4 Å². The second kappa shape index (κ2) is 30.7. The highest BCUT2D eigenvalue weighted by Crippen LogP contribution is 2.37. The highest BCUT2D eigenvalue weighted by atomic mass is 19.4. The van der Waals surface area contributed by atoms with Crippen LogP contribution in [0.25, 0.3) is 21.8 Å². The molecule has 4 saturated heterocycles. The van der Waals surface area contributed by atoms with Crippen LogP contribution in [0.3, 0.4) is 0 Å². The number of carboxylic acid groups (broad SMARTS) is 2. The molecule has 4 aliphatic rings. The molecule has 0 saturated carbocycles. The first-order valence-electron chi connectivity index (χ1n) is 28.4. The van der Waals surface area contributed by atoms with Crippen LogP contribution < -0.4 is 16.8 Å². The number of halogens is 7. The number of H-pyrrole nitrogens is 2. The maximum absolute atomic E-state index is 13.4. The minimum atomic E-state index is -4.64. The minimum absolute atomic E-state index is 0. The molecule has 2 unspecified atom stereocenters. The summed E-state index contributed by atoms with van der Waals surface area (Å²) in [6.45, 7) is 5.96. The van der Waals surface area contributed by atoms with Crippen molar-refractivity contribution in [2.45, 2.75) is 88.9 Å². The zero-order valence-electron chi connectivity index (χ0n) is 47.2. The predicted molar refractivity (Wildman–Crippen MR) is 318 cm³/mol. The molecular formula is C62H71F7N12O7. The lowest BCUT2D eigenvalue weighted by Gasteiger charge is -2.42. The number of likely N-dealkylation sites (tertiary alicyclic amines) is 3. The van der Waals surface area contributed by atoms with E-state index in [0.717, 1.165) is 99.2 Å². The molecule has 9 N–H and O–H groups in total. The van der Waals surface area contributed by atoms with Crippen LogP contribution in [0, 0.1) is 35.1 Å². The van der Waals surface area contributed by atoms with Crippen LogP contribution in [0.5, 0.6) is 0 Å². The summed E-state index contributed by atoms with van der Waals surface area (Å²) in [7, 11) is 0. The number of aliphatic carboxylic acids is 2. The van der Waals surface area contributed by atoms with E-state index >= 15 is 0 Å². The van der Waals surface area contributed by atoms with Crippen LogP contribution in [0.4, 0.5) is 30.7 Å². The number of carbonyl (C=O) groups is 5. The second-order valence-electron chi connectivity index (χ2n) is 21.7. The zero-order valence-corrected chi connectivity index (χ0v) is 47.2. The Morgan fingerprint density at radius 3 is 1.38 bits per heavy atom. The molecule has 88 heavy (non-hydrogen) atoms. The van der Waals surface area contributed by atoms with E-state index in [1.54, 1.807) is 11.0 Å². The number of aromatic amines is 2. The van der Waals surface area contributed by atoms with E-state index in [4.69, 9.17) is 16.3 Å². The van der Waals surface area contributed by atoms with Gasteiger partial charge in [-0.05, 0) is 168 Å². The molecule has 470 valence electrons. The Kier molecular flexibility index (Phi) is 23.3. The summed E-state index contributed by atoms with van der Waals surface area (Å²) in [6.07, 6.45) is 8.44. The van der Waals surface area contributed by atoms with Gasteiger partial charge in [0.15, 0.2) is 5.96 Å². The topological polar surface area (TPSA) is 274 Å². The number of nitrogens with one attached hydrogen (secondary N) is 3. The lowest BCUT2D eigenvalue weighted by Crippen LogP contribution is -2.53. The Hall–Kier alpha value is -8.75. The van der Waals surface area contributed by atoms with E-state index in [2.05, 4.69) is 89.0 Å². The highest BCUT2D eigenvalue weighted by Gasteiger charge is 2.39. The number of para-hydroxylation sites is 2. The van der Waals surface area contributed by atoms with Crippen LogP contribution >= 0.6 is 0 Å². The van der Waals surface area contributed by atoms with Crippen LogP contribution in [-0.2, 0) is 14.4 Å². The number of alkyl halides is 3. The first kappa shape index (κ1) is 66.8. The molecular weight excluding hydrogens is 1160 g/mol. The molecule has 3 aromatic heterocycles. The van der Waals surface area contributed by atoms with Crippen molar-refractivity contribution in [3.8, 4) is 0 Å². The van der Waals surface area contributed by atoms with Gasteiger partial charge >= 0.3 is 18.1 Å². The average molecular weight is 1230 g/mol. The molecule has 19 nitrogen and oxygen atoms in total.